The maximum Gasteiger partial charge on any atom is 0.145 e. The third kappa shape index (κ3) is 5.11. The minimum atomic E-state index is 0.906. The monoisotopic (exact) mass is 700 g/mol. The van der Waals surface area contributed by atoms with Crippen LogP contribution in [0.25, 0.3) is 105 Å². The van der Waals surface area contributed by atoms with E-state index in [2.05, 4.69) is 187 Å². The van der Waals surface area contributed by atoms with Crippen molar-refractivity contribution >= 4 is 54.5 Å². The molecule has 11 rings (SSSR count). The summed E-state index contributed by atoms with van der Waals surface area (Å²) in [4.78, 5) is 15.7. The van der Waals surface area contributed by atoms with Crippen LogP contribution in [-0.4, -0.2) is 19.5 Å². The van der Waals surface area contributed by atoms with Crippen molar-refractivity contribution in [2.24, 2.45) is 0 Å². The maximum atomic E-state index is 5.39. The number of aromatic nitrogens is 4. The zero-order valence-electron chi connectivity index (χ0n) is 29.8. The van der Waals surface area contributed by atoms with Gasteiger partial charge in [0.2, 0.25) is 0 Å². The molecule has 0 spiro atoms. The molecule has 0 saturated heterocycles. The normalized spacial score (nSPS) is 11.6. The predicted molar refractivity (Wildman–Crippen MR) is 228 cm³/mol. The van der Waals surface area contributed by atoms with E-state index in [4.69, 9.17) is 15.0 Å². The first-order valence-corrected chi connectivity index (χ1v) is 18.6. The first-order chi connectivity index (χ1) is 27.3. The summed E-state index contributed by atoms with van der Waals surface area (Å²) < 4.78 is 2.26. The van der Waals surface area contributed by atoms with Gasteiger partial charge in [-0.05, 0) is 63.9 Å². The van der Waals surface area contributed by atoms with Crippen molar-refractivity contribution in [2.75, 3.05) is 0 Å². The Morgan fingerprint density at radius 1 is 0.345 bits per heavy atom. The van der Waals surface area contributed by atoms with Gasteiger partial charge in [0, 0.05) is 38.5 Å². The van der Waals surface area contributed by atoms with Crippen LogP contribution in [-0.2, 0) is 0 Å². The molecule has 3 aromatic heterocycles. The summed E-state index contributed by atoms with van der Waals surface area (Å²) in [5.74, 6) is 0.930. The van der Waals surface area contributed by atoms with E-state index < -0.39 is 0 Å². The molecule has 0 unspecified atom stereocenters. The summed E-state index contributed by atoms with van der Waals surface area (Å²) in [7, 11) is 0. The van der Waals surface area contributed by atoms with Crippen LogP contribution in [0.1, 0.15) is 0 Å². The number of pyridine rings is 2. The van der Waals surface area contributed by atoms with Gasteiger partial charge in [-0.15, -0.1) is 0 Å². The summed E-state index contributed by atoms with van der Waals surface area (Å²) >= 11 is 0. The van der Waals surface area contributed by atoms with Crippen LogP contribution in [0.2, 0.25) is 0 Å². The lowest BCUT2D eigenvalue weighted by molar-refractivity contribution is 1.10. The van der Waals surface area contributed by atoms with Gasteiger partial charge in [0.1, 0.15) is 5.82 Å². The fraction of sp³-hybridized carbons (Fsp3) is 0. The second kappa shape index (κ2) is 12.6. The molecule has 4 heteroatoms. The van der Waals surface area contributed by atoms with Gasteiger partial charge in [-0.1, -0.05) is 158 Å². The van der Waals surface area contributed by atoms with Crippen LogP contribution in [0.15, 0.2) is 194 Å². The molecule has 11 aromatic rings. The molecule has 3 heterocycles. The van der Waals surface area contributed by atoms with E-state index in [1.54, 1.807) is 0 Å². The quantitative estimate of drug-likeness (QED) is 0.133. The molecule has 0 amide bonds. The zero-order valence-corrected chi connectivity index (χ0v) is 29.8. The molecule has 0 saturated carbocycles. The predicted octanol–water partition coefficient (Wildman–Crippen LogP) is 13.1. The smallest absolute Gasteiger partial charge is 0.145 e. The van der Waals surface area contributed by atoms with Crippen molar-refractivity contribution < 1.29 is 0 Å². The average molecular weight is 701 g/mol. The van der Waals surface area contributed by atoms with E-state index >= 15 is 0 Å². The molecule has 256 valence electrons. The molecule has 0 bridgehead atoms. The molecule has 0 aliphatic carbocycles. The number of rotatable bonds is 5. The molecule has 8 aromatic carbocycles. The van der Waals surface area contributed by atoms with Gasteiger partial charge in [0.25, 0.3) is 0 Å². The largest absolute Gasteiger partial charge is 0.292 e. The van der Waals surface area contributed by atoms with Crippen molar-refractivity contribution in [3.63, 3.8) is 0 Å². The number of hydrogen-bond donors (Lipinski definition) is 0. The maximum absolute atomic E-state index is 5.39. The van der Waals surface area contributed by atoms with E-state index in [-0.39, 0.29) is 0 Å². The van der Waals surface area contributed by atoms with Crippen LogP contribution in [0.5, 0.6) is 0 Å². The highest BCUT2D eigenvalue weighted by molar-refractivity contribution is 6.16. The molecule has 0 fully saturated rings. The highest BCUT2D eigenvalue weighted by atomic mass is 15.1. The van der Waals surface area contributed by atoms with Crippen molar-refractivity contribution in [3.8, 4) is 50.6 Å². The van der Waals surface area contributed by atoms with Crippen LogP contribution in [0.4, 0.5) is 0 Å². The standard InChI is InChI=1S/C51H32N4/c1-3-13-34(14-4-1)48-42-19-9-10-20-44(42)53-50-43(48)29-25-35-26-32-45(52-49(35)50)41-31-30-38(39-17-7-8-18-40(39)41)33-23-27-37(28-24-33)55-47-22-12-11-21-46(47)54-51(55)36-15-5-2-6-16-36/h1-32H. The number of nitrogens with zero attached hydrogens (tertiary/aromatic N) is 4. The van der Waals surface area contributed by atoms with E-state index in [0.717, 1.165) is 83.0 Å². The summed E-state index contributed by atoms with van der Waals surface area (Å²) in [6.07, 6.45) is 0. The highest BCUT2D eigenvalue weighted by Crippen LogP contribution is 2.40. The first-order valence-electron chi connectivity index (χ1n) is 18.6. The third-order valence-corrected chi connectivity index (χ3v) is 10.8. The van der Waals surface area contributed by atoms with Crippen LogP contribution in [0, 0.1) is 0 Å². The summed E-state index contributed by atoms with van der Waals surface area (Å²) in [5, 5.41) is 5.65. The molecule has 0 N–H and O–H groups in total. The molecular weight excluding hydrogens is 669 g/mol. The Morgan fingerprint density at radius 2 is 0.964 bits per heavy atom. The van der Waals surface area contributed by atoms with Gasteiger partial charge in [-0.25, -0.2) is 15.0 Å². The summed E-state index contributed by atoms with van der Waals surface area (Å²) in [6, 6.07) is 68.4. The van der Waals surface area contributed by atoms with E-state index in [0.29, 0.717) is 0 Å². The van der Waals surface area contributed by atoms with Crippen molar-refractivity contribution in [1.82, 2.24) is 19.5 Å². The Hall–Kier alpha value is -7.43. The molecule has 55 heavy (non-hydrogen) atoms. The number of benzene rings is 8. The topological polar surface area (TPSA) is 43.6 Å². The molecule has 0 aliphatic heterocycles. The number of imidazole rings is 1. The minimum absolute atomic E-state index is 0.906. The third-order valence-electron chi connectivity index (χ3n) is 10.8. The Labute approximate surface area is 317 Å². The van der Waals surface area contributed by atoms with E-state index in [9.17, 15) is 0 Å². The SMILES string of the molecule is c1ccc(-c2c3ccccc3nc3c2ccc2ccc(-c4ccc(-c5ccc(-n6c(-c7ccccc7)nc7ccccc76)cc5)c5ccccc45)nc23)cc1. The second-order valence-corrected chi connectivity index (χ2v) is 14.0. The second-order valence-electron chi connectivity index (χ2n) is 14.0. The van der Waals surface area contributed by atoms with Gasteiger partial charge in [-0.3, -0.25) is 4.57 Å². The van der Waals surface area contributed by atoms with Gasteiger partial charge in [0.15, 0.2) is 0 Å². The fourth-order valence-corrected chi connectivity index (χ4v) is 8.23. The van der Waals surface area contributed by atoms with Crippen molar-refractivity contribution in [2.45, 2.75) is 0 Å². The summed E-state index contributed by atoms with van der Waals surface area (Å²) in [5.41, 5.74) is 13.7. The fourth-order valence-electron chi connectivity index (χ4n) is 8.23. The Morgan fingerprint density at radius 3 is 1.75 bits per heavy atom. The minimum Gasteiger partial charge on any atom is -0.292 e. The molecule has 0 radical (unpaired) electrons. The van der Waals surface area contributed by atoms with Gasteiger partial charge >= 0.3 is 0 Å². The lowest BCUT2D eigenvalue weighted by atomic mass is 9.93. The van der Waals surface area contributed by atoms with Crippen LogP contribution < -0.4 is 0 Å². The number of hydrogen-bond acceptors (Lipinski definition) is 3. The first kappa shape index (κ1) is 31.1. The zero-order chi connectivity index (χ0) is 36.3. The molecular formula is C51H32N4. The van der Waals surface area contributed by atoms with Gasteiger partial charge in [0.05, 0.1) is 33.3 Å². The van der Waals surface area contributed by atoms with E-state index in [1.807, 2.05) is 12.1 Å². The molecule has 0 atom stereocenters. The van der Waals surface area contributed by atoms with E-state index in [1.165, 1.54) is 22.1 Å². The van der Waals surface area contributed by atoms with Gasteiger partial charge < -0.3 is 0 Å². The van der Waals surface area contributed by atoms with Crippen LogP contribution in [0.3, 0.4) is 0 Å². The van der Waals surface area contributed by atoms with Crippen molar-refractivity contribution in [1.29, 1.82) is 0 Å². The average Bonchev–Trinajstić information content (AvgIpc) is 3.65. The number of fused-ring (bicyclic) bond motifs is 6. The Kier molecular flexibility index (Phi) is 7.14. The Balaban J connectivity index is 1.04. The summed E-state index contributed by atoms with van der Waals surface area (Å²) in [6.45, 7) is 0. The molecule has 0 aliphatic rings. The molecule has 4 nitrogen and oxygen atoms in total. The number of para-hydroxylation sites is 3. The lowest BCUT2D eigenvalue weighted by Gasteiger charge is -2.15. The van der Waals surface area contributed by atoms with Crippen molar-refractivity contribution in [3.05, 3.63) is 194 Å². The van der Waals surface area contributed by atoms with Crippen LogP contribution >= 0.6 is 0 Å². The lowest BCUT2D eigenvalue weighted by Crippen LogP contribution is -1.97. The Bertz CT molecular complexity index is 3240. The highest BCUT2D eigenvalue weighted by Gasteiger charge is 2.18. The van der Waals surface area contributed by atoms with Gasteiger partial charge in [-0.2, -0.15) is 0 Å².